The highest BCUT2D eigenvalue weighted by Gasteiger charge is 2.12. The molecule has 0 fully saturated rings. The third-order valence-corrected chi connectivity index (χ3v) is 2.78. The fourth-order valence-electron chi connectivity index (χ4n) is 1.65. The van der Waals surface area contributed by atoms with Gasteiger partial charge in [-0.05, 0) is 24.4 Å². The lowest BCUT2D eigenvalue weighted by atomic mass is 10.2. The van der Waals surface area contributed by atoms with Crippen LogP contribution in [0.2, 0.25) is 0 Å². The Morgan fingerprint density at radius 2 is 2.17 bits per heavy atom. The minimum atomic E-state index is -0.220. The normalized spacial score (nSPS) is 10.4. The van der Waals surface area contributed by atoms with E-state index in [0.29, 0.717) is 27.8 Å². The number of aromatic nitrogens is 3. The lowest BCUT2D eigenvalue weighted by Gasteiger charge is -2.12. The summed E-state index contributed by atoms with van der Waals surface area (Å²) in [6.07, 6.45) is 0. The molecule has 1 heterocycles. The van der Waals surface area contributed by atoms with Gasteiger partial charge in [0, 0.05) is 6.07 Å². The Morgan fingerprint density at radius 3 is 2.78 bits per heavy atom. The fourth-order valence-corrected chi connectivity index (χ4v) is 1.90. The minimum absolute atomic E-state index is 0.220. The van der Waals surface area contributed by atoms with E-state index < -0.39 is 0 Å². The first-order valence-corrected chi connectivity index (χ1v) is 5.61. The second kappa shape index (κ2) is 5.19. The average molecular weight is 267 g/mol. The van der Waals surface area contributed by atoms with Crippen LogP contribution < -0.4 is 9.47 Å². The molecule has 2 N–H and O–H groups in total. The SMILES string of the molecule is COc1ccc(-n2c(CO)n[nH]c2=S)c(OC)c1. The monoisotopic (exact) mass is 267 g/mol. The van der Waals surface area contributed by atoms with Crippen molar-refractivity contribution in [2.45, 2.75) is 6.61 Å². The van der Waals surface area contributed by atoms with Crippen molar-refractivity contribution in [3.05, 3.63) is 28.8 Å². The first-order valence-electron chi connectivity index (χ1n) is 5.20. The summed E-state index contributed by atoms with van der Waals surface area (Å²) in [5.41, 5.74) is 0.695. The Morgan fingerprint density at radius 1 is 1.39 bits per heavy atom. The zero-order valence-electron chi connectivity index (χ0n) is 10.0. The number of hydrogen-bond acceptors (Lipinski definition) is 5. The zero-order valence-corrected chi connectivity index (χ0v) is 10.8. The van der Waals surface area contributed by atoms with Crippen molar-refractivity contribution in [1.82, 2.24) is 14.8 Å². The molecule has 1 aromatic carbocycles. The van der Waals surface area contributed by atoms with Gasteiger partial charge in [-0.3, -0.25) is 9.67 Å². The summed E-state index contributed by atoms with van der Waals surface area (Å²) >= 11 is 5.14. The van der Waals surface area contributed by atoms with E-state index in [1.165, 1.54) is 0 Å². The van der Waals surface area contributed by atoms with Crippen LogP contribution in [0.15, 0.2) is 18.2 Å². The molecular weight excluding hydrogens is 254 g/mol. The minimum Gasteiger partial charge on any atom is -0.497 e. The van der Waals surface area contributed by atoms with E-state index in [1.807, 2.05) is 0 Å². The van der Waals surface area contributed by atoms with Gasteiger partial charge in [0.2, 0.25) is 0 Å². The van der Waals surface area contributed by atoms with Gasteiger partial charge >= 0.3 is 0 Å². The summed E-state index contributed by atoms with van der Waals surface area (Å²) in [5, 5.41) is 15.8. The summed E-state index contributed by atoms with van der Waals surface area (Å²) in [4.78, 5) is 0. The Labute approximate surface area is 109 Å². The number of aliphatic hydroxyl groups excluding tert-OH is 1. The van der Waals surface area contributed by atoms with Crippen LogP contribution in [0, 0.1) is 4.77 Å². The largest absolute Gasteiger partial charge is 0.497 e. The summed E-state index contributed by atoms with van der Waals surface area (Å²) in [7, 11) is 3.14. The maximum absolute atomic E-state index is 9.24. The zero-order chi connectivity index (χ0) is 13.1. The standard InChI is InChI=1S/C11H13N3O3S/c1-16-7-3-4-8(9(5-7)17-2)14-10(6-15)12-13-11(14)18/h3-5,15H,6H2,1-2H3,(H,13,18). The van der Waals surface area contributed by atoms with E-state index in [2.05, 4.69) is 10.2 Å². The van der Waals surface area contributed by atoms with Gasteiger partial charge in [0.25, 0.3) is 0 Å². The Hall–Kier alpha value is -1.86. The van der Waals surface area contributed by atoms with Gasteiger partial charge in [-0.2, -0.15) is 5.10 Å². The van der Waals surface area contributed by atoms with Crippen LogP contribution in [0.3, 0.4) is 0 Å². The molecule has 0 aliphatic heterocycles. The van der Waals surface area contributed by atoms with Crippen LogP contribution in [0.4, 0.5) is 0 Å². The number of rotatable bonds is 4. The quantitative estimate of drug-likeness (QED) is 0.820. The third-order valence-electron chi connectivity index (χ3n) is 2.51. The number of benzene rings is 1. The predicted octanol–water partition coefficient (Wildman–Crippen LogP) is 1.44. The van der Waals surface area contributed by atoms with E-state index in [4.69, 9.17) is 21.7 Å². The Kier molecular flexibility index (Phi) is 3.63. The van der Waals surface area contributed by atoms with E-state index >= 15 is 0 Å². The number of aromatic amines is 1. The van der Waals surface area contributed by atoms with Crippen molar-refractivity contribution in [2.24, 2.45) is 0 Å². The molecule has 96 valence electrons. The maximum Gasteiger partial charge on any atom is 0.200 e. The number of hydrogen-bond donors (Lipinski definition) is 2. The van der Waals surface area contributed by atoms with Crippen molar-refractivity contribution >= 4 is 12.2 Å². The Bertz CT molecular complexity index is 606. The number of methoxy groups -OCH3 is 2. The lowest BCUT2D eigenvalue weighted by molar-refractivity contribution is 0.268. The summed E-state index contributed by atoms with van der Waals surface area (Å²) in [6.45, 7) is -0.220. The molecule has 0 saturated carbocycles. The van der Waals surface area contributed by atoms with E-state index in [9.17, 15) is 5.11 Å². The summed E-state index contributed by atoms with van der Waals surface area (Å²) in [5.74, 6) is 1.68. The summed E-state index contributed by atoms with van der Waals surface area (Å²) in [6, 6.07) is 5.32. The average Bonchev–Trinajstić information content (AvgIpc) is 2.78. The van der Waals surface area contributed by atoms with E-state index in [0.717, 1.165) is 0 Å². The Balaban J connectivity index is 2.63. The number of nitrogens with zero attached hydrogens (tertiary/aromatic N) is 2. The summed E-state index contributed by atoms with van der Waals surface area (Å²) < 4.78 is 12.4. The van der Waals surface area contributed by atoms with Crippen molar-refractivity contribution in [1.29, 1.82) is 0 Å². The molecule has 0 aliphatic rings. The van der Waals surface area contributed by atoms with Crippen LogP contribution in [0.1, 0.15) is 5.82 Å². The molecule has 18 heavy (non-hydrogen) atoms. The molecule has 0 radical (unpaired) electrons. The molecule has 0 saturated heterocycles. The van der Waals surface area contributed by atoms with Gasteiger partial charge in [-0.15, -0.1) is 0 Å². The van der Waals surface area contributed by atoms with Crippen LogP contribution in [0.25, 0.3) is 5.69 Å². The number of ether oxygens (including phenoxy) is 2. The van der Waals surface area contributed by atoms with Crippen LogP contribution in [-0.4, -0.2) is 34.1 Å². The molecule has 2 rings (SSSR count). The van der Waals surface area contributed by atoms with Gasteiger partial charge in [0.15, 0.2) is 10.6 Å². The van der Waals surface area contributed by atoms with Crippen molar-refractivity contribution in [3.8, 4) is 17.2 Å². The van der Waals surface area contributed by atoms with Gasteiger partial charge in [0.1, 0.15) is 18.1 Å². The van der Waals surface area contributed by atoms with Gasteiger partial charge in [-0.1, -0.05) is 0 Å². The van der Waals surface area contributed by atoms with E-state index in [1.54, 1.807) is 37.0 Å². The molecular formula is C11H13N3O3S. The van der Waals surface area contributed by atoms with Crippen molar-refractivity contribution in [2.75, 3.05) is 14.2 Å². The first kappa shape index (κ1) is 12.6. The van der Waals surface area contributed by atoms with Gasteiger partial charge < -0.3 is 14.6 Å². The molecule has 1 aromatic heterocycles. The second-order valence-electron chi connectivity index (χ2n) is 3.48. The predicted molar refractivity (Wildman–Crippen MR) is 67.8 cm³/mol. The van der Waals surface area contributed by atoms with Crippen LogP contribution in [0.5, 0.6) is 11.5 Å². The highest BCUT2D eigenvalue weighted by atomic mass is 32.1. The third kappa shape index (κ3) is 2.09. The molecule has 6 nitrogen and oxygen atoms in total. The molecule has 2 aromatic rings. The van der Waals surface area contributed by atoms with Crippen molar-refractivity contribution in [3.63, 3.8) is 0 Å². The topological polar surface area (TPSA) is 72.3 Å². The fraction of sp³-hybridized carbons (Fsp3) is 0.273. The molecule has 7 heteroatoms. The van der Waals surface area contributed by atoms with Crippen molar-refractivity contribution < 1.29 is 14.6 Å². The van der Waals surface area contributed by atoms with Gasteiger partial charge in [-0.25, -0.2) is 0 Å². The molecule has 0 bridgehead atoms. The molecule has 0 amide bonds. The molecule has 0 unspecified atom stereocenters. The van der Waals surface area contributed by atoms with Crippen LogP contribution in [-0.2, 0) is 6.61 Å². The highest BCUT2D eigenvalue weighted by molar-refractivity contribution is 7.71. The first-order chi connectivity index (χ1) is 8.71. The smallest absolute Gasteiger partial charge is 0.200 e. The molecule has 0 spiro atoms. The van der Waals surface area contributed by atoms with E-state index in [-0.39, 0.29) is 6.61 Å². The van der Waals surface area contributed by atoms with Crippen LogP contribution >= 0.6 is 12.2 Å². The number of aliphatic hydroxyl groups is 1. The maximum atomic E-state index is 9.24. The molecule has 0 atom stereocenters. The van der Waals surface area contributed by atoms with Gasteiger partial charge in [0.05, 0.1) is 19.9 Å². The number of nitrogens with one attached hydrogen (secondary N) is 1. The second-order valence-corrected chi connectivity index (χ2v) is 3.86. The number of H-pyrrole nitrogens is 1. The molecule has 0 aliphatic carbocycles. The highest BCUT2D eigenvalue weighted by Crippen LogP contribution is 2.28. The lowest BCUT2D eigenvalue weighted by Crippen LogP contribution is -2.03.